The molecule has 0 bridgehead atoms. The Labute approximate surface area is 128 Å². The topological polar surface area (TPSA) is 119 Å². The Hall–Kier alpha value is -2.27. The van der Waals surface area contributed by atoms with E-state index >= 15 is 0 Å². The lowest BCUT2D eigenvalue weighted by molar-refractivity contribution is -0.396. The lowest BCUT2D eigenvalue weighted by Crippen LogP contribution is -2.28. The van der Waals surface area contributed by atoms with Gasteiger partial charge in [-0.25, -0.2) is 0 Å². The summed E-state index contributed by atoms with van der Waals surface area (Å²) in [5, 5.41) is 33.9. The highest BCUT2D eigenvalue weighted by Crippen LogP contribution is 2.40. The van der Waals surface area contributed by atoms with E-state index in [1.165, 1.54) is 13.8 Å². The average molecular weight is 337 g/mol. The molecule has 2 atom stereocenters. The Balaban J connectivity index is 3.53. The first-order valence-electron chi connectivity index (χ1n) is 6.40. The number of nitro groups is 2. The second kappa shape index (κ2) is 6.87. The van der Waals surface area contributed by atoms with Crippen LogP contribution in [0.1, 0.15) is 31.0 Å². The van der Waals surface area contributed by atoms with Gasteiger partial charge >= 0.3 is 6.18 Å². The van der Waals surface area contributed by atoms with E-state index in [1.807, 2.05) is 0 Å². The molecule has 0 saturated carbocycles. The molecule has 23 heavy (non-hydrogen) atoms. The number of halogens is 3. The van der Waals surface area contributed by atoms with Crippen molar-refractivity contribution < 1.29 is 28.1 Å². The maximum atomic E-state index is 12.8. The molecule has 0 fully saturated rings. The maximum absolute atomic E-state index is 12.8. The molecule has 128 valence electrons. The molecule has 0 spiro atoms. The van der Waals surface area contributed by atoms with E-state index in [2.05, 4.69) is 5.32 Å². The Bertz CT molecular complexity index is 583. The first kappa shape index (κ1) is 18.8. The third-order valence-corrected chi connectivity index (χ3v) is 3.01. The number of nitrogens with one attached hydrogen (secondary N) is 1. The minimum absolute atomic E-state index is 0.0451. The predicted molar refractivity (Wildman–Crippen MR) is 72.9 cm³/mol. The summed E-state index contributed by atoms with van der Waals surface area (Å²) in [5.41, 5.74) is -3.95. The maximum Gasteiger partial charge on any atom is 0.416 e. The van der Waals surface area contributed by atoms with Gasteiger partial charge in [0.05, 0.1) is 21.5 Å². The van der Waals surface area contributed by atoms with Crippen LogP contribution in [0.2, 0.25) is 0 Å². The number of aliphatic hydroxyl groups is 1. The van der Waals surface area contributed by atoms with Crippen LogP contribution < -0.4 is 5.32 Å². The largest absolute Gasteiger partial charge is 0.416 e. The van der Waals surface area contributed by atoms with Crippen LogP contribution in [0.15, 0.2) is 12.1 Å². The van der Waals surface area contributed by atoms with Crippen LogP contribution in [0.4, 0.5) is 24.5 Å². The fourth-order valence-electron chi connectivity index (χ4n) is 1.98. The number of hydrogen-bond donors (Lipinski definition) is 2. The second-order valence-corrected chi connectivity index (χ2v) is 4.92. The quantitative estimate of drug-likeness (QED) is 0.608. The van der Waals surface area contributed by atoms with Crippen molar-refractivity contribution in [3.05, 3.63) is 43.5 Å². The van der Waals surface area contributed by atoms with Gasteiger partial charge in [0.15, 0.2) is 0 Å². The van der Waals surface area contributed by atoms with E-state index in [0.29, 0.717) is 0 Å². The van der Waals surface area contributed by atoms with Crippen LogP contribution in [0.25, 0.3) is 0 Å². The van der Waals surface area contributed by atoms with Crippen molar-refractivity contribution in [2.75, 3.05) is 6.54 Å². The molecule has 0 amide bonds. The summed E-state index contributed by atoms with van der Waals surface area (Å²) in [6, 6.07) is -0.473. The zero-order valence-electron chi connectivity index (χ0n) is 12.1. The molecule has 0 aliphatic carbocycles. The van der Waals surface area contributed by atoms with Crippen LogP contribution in [0, 0.1) is 20.2 Å². The first-order valence-corrected chi connectivity index (χ1v) is 6.40. The minimum Gasteiger partial charge on any atom is -0.392 e. The van der Waals surface area contributed by atoms with Crippen molar-refractivity contribution in [3.63, 3.8) is 0 Å². The van der Waals surface area contributed by atoms with Gasteiger partial charge in [-0.15, -0.1) is 0 Å². The van der Waals surface area contributed by atoms with E-state index in [9.17, 15) is 38.5 Å². The summed E-state index contributed by atoms with van der Waals surface area (Å²) >= 11 is 0. The summed E-state index contributed by atoms with van der Waals surface area (Å²) in [6.45, 7) is 2.69. The van der Waals surface area contributed by atoms with Gasteiger partial charge in [-0.05, 0) is 13.8 Å². The second-order valence-electron chi connectivity index (χ2n) is 4.92. The molecule has 1 aromatic carbocycles. The lowest BCUT2D eigenvalue weighted by Gasteiger charge is -2.17. The normalized spacial score (nSPS) is 14.3. The van der Waals surface area contributed by atoms with Crippen LogP contribution >= 0.6 is 0 Å². The average Bonchev–Trinajstić information content (AvgIpc) is 2.41. The van der Waals surface area contributed by atoms with Gasteiger partial charge in [-0.2, -0.15) is 13.2 Å². The molecule has 0 aliphatic rings. The minimum atomic E-state index is -4.95. The predicted octanol–water partition coefficient (Wildman–Crippen LogP) is 2.55. The van der Waals surface area contributed by atoms with E-state index < -0.39 is 50.7 Å². The Kier molecular flexibility index (Phi) is 5.61. The van der Waals surface area contributed by atoms with Gasteiger partial charge in [0.25, 0.3) is 11.4 Å². The third kappa shape index (κ3) is 4.60. The Morgan fingerprint density at radius 3 is 1.91 bits per heavy atom. The Morgan fingerprint density at radius 2 is 1.61 bits per heavy atom. The molecular formula is C12H14F3N3O5. The van der Waals surface area contributed by atoms with Crippen molar-refractivity contribution in [2.24, 2.45) is 0 Å². The van der Waals surface area contributed by atoms with Gasteiger partial charge in [0.1, 0.15) is 5.56 Å². The summed E-state index contributed by atoms with van der Waals surface area (Å²) in [4.78, 5) is 19.9. The number of nitrogens with zero attached hydrogens (tertiary/aromatic N) is 2. The van der Waals surface area contributed by atoms with Crippen LogP contribution in [-0.2, 0) is 6.18 Å². The highest BCUT2D eigenvalue weighted by molar-refractivity contribution is 5.58. The standard InChI is InChI=1S/C12H14F3N3O5/c1-6(19)5-16-7(2)11-9(17(20)21)3-8(12(13,14)15)4-10(11)18(22)23/h3-4,6-7,16,19H,5H2,1-2H3. The molecule has 0 aromatic heterocycles. The summed E-state index contributed by atoms with van der Waals surface area (Å²) < 4.78 is 38.3. The van der Waals surface area contributed by atoms with Crippen molar-refractivity contribution in [1.82, 2.24) is 5.32 Å². The van der Waals surface area contributed by atoms with Crippen molar-refractivity contribution in [2.45, 2.75) is 32.2 Å². The number of nitro benzene ring substituents is 2. The fraction of sp³-hybridized carbons (Fsp3) is 0.500. The lowest BCUT2D eigenvalue weighted by atomic mass is 10.00. The molecule has 0 radical (unpaired) electrons. The van der Waals surface area contributed by atoms with Crippen LogP contribution in [-0.4, -0.2) is 27.6 Å². The van der Waals surface area contributed by atoms with E-state index in [1.54, 1.807) is 0 Å². The summed E-state index contributed by atoms with van der Waals surface area (Å²) in [7, 11) is 0. The third-order valence-electron chi connectivity index (χ3n) is 3.01. The smallest absolute Gasteiger partial charge is 0.392 e. The first-order chi connectivity index (χ1) is 10.4. The number of hydrogen-bond acceptors (Lipinski definition) is 6. The number of benzene rings is 1. The van der Waals surface area contributed by atoms with Gasteiger partial charge in [0.2, 0.25) is 0 Å². The molecule has 0 heterocycles. The number of rotatable bonds is 6. The molecule has 2 unspecified atom stereocenters. The molecule has 1 rings (SSSR count). The van der Waals surface area contributed by atoms with Gasteiger partial charge in [-0.3, -0.25) is 20.2 Å². The molecule has 0 saturated heterocycles. The molecular weight excluding hydrogens is 323 g/mol. The fourth-order valence-corrected chi connectivity index (χ4v) is 1.98. The molecule has 11 heteroatoms. The molecule has 8 nitrogen and oxygen atoms in total. The number of alkyl halides is 3. The van der Waals surface area contributed by atoms with Crippen molar-refractivity contribution in [1.29, 1.82) is 0 Å². The van der Waals surface area contributed by atoms with Gasteiger partial charge in [-0.1, -0.05) is 0 Å². The SMILES string of the molecule is CC(O)CNC(C)c1c([N+](=O)[O-])cc(C(F)(F)F)cc1[N+](=O)[O-]. The van der Waals surface area contributed by atoms with E-state index in [0.717, 1.165) is 0 Å². The highest BCUT2D eigenvalue weighted by Gasteiger charge is 2.38. The summed E-state index contributed by atoms with van der Waals surface area (Å²) in [6.07, 6.45) is -5.80. The highest BCUT2D eigenvalue weighted by atomic mass is 19.4. The van der Waals surface area contributed by atoms with Crippen LogP contribution in [0.5, 0.6) is 0 Å². The summed E-state index contributed by atoms with van der Waals surface area (Å²) in [5.74, 6) is 0. The molecule has 0 aliphatic heterocycles. The van der Waals surface area contributed by atoms with E-state index in [4.69, 9.17) is 0 Å². The van der Waals surface area contributed by atoms with Crippen molar-refractivity contribution >= 4 is 11.4 Å². The van der Waals surface area contributed by atoms with Gasteiger partial charge < -0.3 is 10.4 Å². The van der Waals surface area contributed by atoms with Crippen LogP contribution in [0.3, 0.4) is 0 Å². The van der Waals surface area contributed by atoms with Gasteiger partial charge in [0, 0.05) is 24.7 Å². The molecule has 2 N–H and O–H groups in total. The monoisotopic (exact) mass is 337 g/mol. The zero-order valence-corrected chi connectivity index (χ0v) is 12.1. The Morgan fingerprint density at radius 1 is 1.17 bits per heavy atom. The van der Waals surface area contributed by atoms with E-state index in [-0.39, 0.29) is 18.7 Å². The van der Waals surface area contributed by atoms with Crippen molar-refractivity contribution in [3.8, 4) is 0 Å². The zero-order chi connectivity index (χ0) is 17.9. The molecule has 1 aromatic rings. The number of aliphatic hydroxyl groups excluding tert-OH is 1.